The standard InChI is InChI=1S/C25H24ClN7O/c26-19-14-17(9-11-21(19)33-12-4-7-22(33)27)30-25(34)23(15-5-2-1-3-6-15)29-16-8-10-20-18(13-16)24(28)32-31-20/h1-3,5-6,8-11,13-14,23,27,29H,4,7,12H2,(H,30,34)(H3,28,31,32). The van der Waals surface area contributed by atoms with Crippen LogP contribution >= 0.6 is 11.6 Å². The van der Waals surface area contributed by atoms with Crippen LogP contribution in [0.4, 0.5) is 22.9 Å². The number of halogens is 1. The number of hydrogen-bond donors (Lipinski definition) is 5. The molecule has 6 N–H and O–H groups in total. The van der Waals surface area contributed by atoms with Gasteiger partial charge in [0.2, 0.25) is 0 Å². The number of hydrogen-bond acceptors (Lipinski definition) is 5. The van der Waals surface area contributed by atoms with Crippen LogP contribution in [-0.2, 0) is 4.79 Å². The maximum absolute atomic E-state index is 13.4. The number of H-pyrrole nitrogens is 1. The van der Waals surface area contributed by atoms with Crippen LogP contribution in [0, 0.1) is 5.41 Å². The predicted octanol–water partition coefficient (Wildman–Crippen LogP) is 5.17. The molecule has 1 fully saturated rings. The summed E-state index contributed by atoms with van der Waals surface area (Å²) >= 11 is 6.52. The van der Waals surface area contributed by atoms with E-state index in [2.05, 4.69) is 20.8 Å². The van der Waals surface area contributed by atoms with E-state index in [0.29, 0.717) is 22.4 Å². The number of anilines is 4. The van der Waals surface area contributed by atoms with Gasteiger partial charge >= 0.3 is 0 Å². The monoisotopic (exact) mass is 473 g/mol. The minimum absolute atomic E-state index is 0.232. The number of nitrogens with zero attached hydrogens (tertiary/aromatic N) is 2. The smallest absolute Gasteiger partial charge is 0.251 e. The van der Waals surface area contributed by atoms with E-state index in [4.69, 9.17) is 22.7 Å². The molecule has 5 rings (SSSR count). The topological polar surface area (TPSA) is 123 Å². The highest BCUT2D eigenvalue weighted by Crippen LogP contribution is 2.32. The van der Waals surface area contributed by atoms with Gasteiger partial charge in [-0.2, -0.15) is 5.10 Å². The van der Waals surface area contributed by atoms with Crippen LogP contribution in [0.1, 0.15) is 24.4 Å². The van der Waals surface area contributed by atoms with Crippen LogP contribution in [0.15, 0.2) is 66.7 Å². The van der Waals surface area contributed by atoms with Crippen LogP contribution in [0.2, 0.25) is 5.02 Å². The molecule has 0 bridgehead atoms. The van der Waals surface area contributed by atoms with E-state index in [1.54, 1.807) is 6.07 Å². The Morgan fingerprint density at radius 3 is 2.65 bits per heavy atom. The molecule has 9 heteroatoms. The van der Waals surface area contributed by atoms with E-state index >= 15 is 0 Å². The molecule has 1 atom stereocenters. The van der Waals surface area contributed by atoms with Crippen molar-refractivity contribution in [3.63, 3.8) is 0 Å². The quantitative estimate of drug-likeness (QED) is 0.264. The zero-order chi connectivity index (χ0) is 23.7. The van der Waals surface area contributed by atoms with Crippen molar-refractivity contribution in [3.8, 4) is 0 Å². The Kier molecular flexibility index (Phi) is 5.81. The lowest BCUT2D eigenvalue weighted by atomic mass is 10.1. The maximum Gasteiger partial charge on any atom is 0.251 e. The van der Waals surface area contributed by atoms with Crippen LogP contribution in [0.5, 0.6) is 0 Å². The fourth-order valence-corrected chi connectivity index (χ4v) is 4.48. The molecular weight excluding hydrogens is 450 g/mol. The first-order valence-corrected chi connectivity index (χ1v) is 11.4. The SMILES string of the molecule is N=C1CCCN1c1ccc(NC(=O)C(Nc2ccc3[nH]nc(N)c3c2)c2ccccc2)cc1Cl. The van der Waals surface area contributed by atoms with Gasteiger partial charge in [-0.15, -0.1) is 0 Å². The van der Waals surface area contributed by atoms with E-state index in [-0.39, 0.29) is 5.91 Å². The van der Waals surface area contributed by atoms with Crippen molar-refractivity contribution >= 4 is 57.1 Å². The second kappa shape index (κ2) is 9.07. The molecule has 1 aliphatic rings. The molecule has 1 unspecified atom stereocenters. The molecule has 0 saturated carbocycles. The largest absolute Gasteiger partial charge is 0.382 e. The van der Waals surface area contributed by atoms with Gasteiger partial charge < -0.3 is 21.3 Å². The number of amides is 1. The third kappa shape index (κ3) is 4.27. The Hall–Kier alpha value is -4.04. The number of fused-ring (bicyclic) bond motifs is 1. The second-order valence-electron chi connectivity index (χ2n) is 8.21. The van der Waals surface area contributed by atoms with E-state index in [1.165, 1.54) is 0 Å². The van der Waals surface area contributed by atoms with Gasteiger partial charge in [0, 0.05) is 29.7 Å². The number of benzene rings is 3. The second-order valence-corrected chi connectivity index (χ2v) is 8.62. The highest BCUT2D eigenvalue weighted by Gasteiger charge is 2.23. The molecule has 4 aromatic rings. The summed E-state index contributed by atoms with van der Waals surface area (Å²) < 4.78 is 0. The van der Waals surface area contributed by atoms with E-state index < -0.39 is 6.04 Å². The number of nitrogens with two attached hydrogens (primary N) is 1. The fraction of sp³-hybridized carbons (Fsp3) is 0.160. The summed E-state index contributed by atoms with van der Waals surface area (Å²) in [4.78, 5) is 15.3. The van der Waals surface area contributed by atoms with Gasteiger partial charge in [0.25, 0.3) is 5.91 Å². The fourth-order valence-electron chi connectivity index (χ4n) is 4.19. The number of nitrogen functional groups attached to an aromatic ring is 1. The molecule has 0 radical (unpaired) electrons. The maximum atomic E-state index is 13.4. The average Bonchev–Trinajstić information content (AvgIpc) is 3.43. The van der Waals surface area contributed by atoms with E-state index in [1.807, 2.05) is 65.6 Å². The van der Waals surface area contributed by atoms with Gasteiger partial charge in [0.05, 0.1) is 16.2 Å². The molecule has 1 aliphatic heterocycles. The number of rotatable bonds is 6. The third-order valence-corrected chi connectivity index (χ3v) is 6.23. The summed E-state index contributed by atoms with van der Waals surface area (Å²) in [6, 6.07) is 19.8. The Balaban J connectivity index is 1.40. The Bertz CT molecular complexity index is 1370. The summed E-state index contributed by atoms with van der Waals surface area (Å²) in [5, 5.41) is 22.6. The minimum atomic E-state index is -0.656. The first-order valence-electron chi connectivity index (χ1n) is 11.0. The number of carbonyl (C=O) groups excluding carboxylic acids is 1. The van der Waals surface area contributed by atoms with E-state index in [9.17, 15) is 4.79 Å². The number of aromatic nitrogens is 2. The first kappa shape index (κ1) is 21.8. The van der Waals surface area contributed by atoms with Crippen molar-refractivity contribution in [2.45, 2.75) is 18.9 Å². The summed E-state index contributed by atoms with van der Waals surface area (Å²) in [6.45, 7) is 0.774. The van der Waals surface area contributed by atoms with Crippen LogP contribution in [0.25, 0.3) is 10.9 Å². The number of carbonyl (C=O) groups is 1. The van der Waals surface area contributed by atoms with E-state index in [0.717, 1.165) is 47.2 Å². The zero-order valence-corrected chi connectivity index (χ0v) is 19.1. The number of nitrogens with one attached hydrogen (secondary N) is 4. The summed E-state index contributed by atoms with van der Waals surface area (Å²) in [5.41, 5.74) is 9.70. The third-order valence-electron chi connectivity index (χ3n) is 5.93. The predicted molar refractivity (Wildman–Crippen MR) is 138 cm³/mol. The summed E-state index contributed by atoms with van der Waals surface area (Å²) in [5.74, 6) is 0.728. The van der Waals surface area contributed by atoms with Crippen LogP contribution in [0.3, 0.4) is 0 Å². The van der Waals surface area contributed by atoms with Crippen molar-refractivity contribution in [1.82, 2.24) is 10.2 Å². The van der Waals surface area contributed by atoms with Gasteiger partial charge in [0.1, 0.15) is 11.9 Å². The Morgan fingerprint density at radius 2 is 1.91 bits per heavy atom. The normalized spacial score (nSPS) is 14.4. The van der Waals surface area contributed by atoms with Crippen molar-refractivity contribution < 1.29 is 4.79 Å². The molecule has 0 spiro atoms. The van der Waals surface area contributed by atoms with Gasteiger partial charge in [0.15, 0.2) is 5.82 Å². The molecule has 1 aromatic heterocycles. The lowest BCUT2D eigenvalue weighted by molar-refractivity contribution is -0.117. The molecule has 3 aromatic carbocycles. The molecule has 1 saturated heterocycles. The van der Waals surface area contributed by atoms with Crippen LogP contribution in [-0.4, -0.2) is 28.5 Å². The van der Waals surface area contributed by atoms with Crippen molar-refractivity contribution in [2.24, 2.45) is 0 Å². The molecular formula is C25H24ClN7O. The molecule has 2 heterocycles. The van der Waals surface area contributed by atoms with Gasteiger partial charge in [-0.3, -0.25) is 15.3 Å². The first-order chi connectivity index (χ1) is 16.5. The highest BCUT2D eigenvalue weighted by atomic mass is 35.5. The number of aromatic amines is 1. The molecule has 34 heavy (non-hydrogen) atoms. The Morgan fingerprint density at radius 1 is 1.12 bits per heavy atom. The van der Waals surface area contributed by atoms with Gasteiger partial charge in [-0.25, -0.2) is 0 Å². The zero-order valence-electron chi connectivity index (χ0n) is 18.3. The lowest BCUT2D eigenvalue weighted by Crippen LogP contribution is -2.27. The molecule has 1 amide bonds. The van der Waals surface area contributed by atoms with Crippen molar-refractivity contribution in [2.75, 3.05) is 27.8 Å². The average molecular weight is 474 g/mol. The summed E-state index contributed by atoms with van der Waals surface area (Å²) in [6.07, 6.45) is 1.68. The number of amidine groups is 1. The molecule has 0 aliphatic carbocycles. The van der Waals surface area contributed by atoms with Crippen LogP contribution < -0.4 is 21.3 Å². The highest BCUT2D eigenvalue weighted by molar-refractivity contribution is 6.34. The molecule has 172 valence electrons. The lowest BCUT2D eigenvalue weighted by Gasteiger charge is -2.22. The molecule has 8 nitrogen and oxygen atoms in total. The Labute approximate surface area is 201 Å². The van der Waals surface area contributed by atoms with Gasteiger partial charge in [-0.05, 0) is 48.4 Å². The summed E-state index contributed by atoms with van der Waals surface area (Å²) in [7, 11) is 0. The van der Waals surface area contributed by atoms with Crippen molar-refractivity contribution in [3.05, 3.63) is 77.3 Å². The van der Waals surface area contributed by atoms with Gasteiger partial charge in [-0.1, -0.05) is 41.9 Å². The van der Waals surface area contributed by atoms with Crippen molar-refractivity contribution in [1.29, 1.82) is 5.41 Å². The minimum Gasteiger partial charge on any atom is -0.382 e.